The van der Waals surface area contributed by atoms with E-state index in [9.17, 15) is 9.59 Å². The van der Waals surface area contributed by atoms with Gasteiger partial charge in [0, 0.05) is 25.5 Å². The highest BCUT2D eigenvalue weighted by Crippen LogP contribution is 2.24. The van der Waals surface area contributed by atoms with Crippen LogP contribution in [0.1, 0.15) is 112 Å². The molecule has 0 bridgehead atoms. The predicted molar refractivity (Wildman–Crippen MR) is 166 cm³/mol. The molecule has 0 aliphatic rings. The highest BCUT2D eigenvalue weighted by atomic mass is 16.5. The fourth-order valence-electron chi connectivity index (χ4n) is 4.31. The van der Waals surface area contributed by atoms with Crippen molar-refractivity contribution < 1.29 is 19.1 Å². The molecule has 0 saturated carbocycles. The second kappa shape index (κ2) is 21.5. The van der Waals surface area contributed by atoms with Gasteiger partial charge in [-0.05, 0) is 37.1 Å². The van der Waals surface area contributed by atoms with Gasteiger partial charge in [-0.3, -0.25) is 19.6 Å². The number of ketones is 2. The largest absolute Gasteiger partial charge is 0.487 e. The van der Waals surface area contributed by atoms with Gasteiger partial charge in [0.25, 0.3) is 0 Å². The van der Waals surface area contributed by atoms with Crippen LogP contribution >= 0.6 is 0 Å². The summed E-state index contributed by atoms with van der Waals surface area (Å²) >= 11 is 0. The summed E-state index contributed by atoms with van der Waals surface area (Å²) in [5.74, 6) is -0.529. The van der Waals surface area contributed by atoms with Crippen LogP contribution in [0.5, 0.6) is 11.5 Å². The first-order valence-electron chi connectivity index (χ1n) is 15.2. The topological polar surface area (TPSA) is 77.3 Å². The van der Waals surface area contributed by atoms with Crippen LogP contribution in [0.15, 0.2) is 58.5 Å². The second-order valence-corrected chi connectivity index (χ2v) is 9.99. The van der Waals surface area contributed by atoms with Gasteiger partial charge in [0.15, 0.2) is 0 Å². The molecule has 0 aliphatic carbocycles. The first kappa shape index (κ1) is 32.9. The van der Waals surface area contributed by atoms with E-state index in [2.05, 4.69) is 23.8 Å². The van der Waals surface area contributed by atoms with Crippen LogP contribution in [-0.2, 0) is 0 Å². The van der Waals surface area contributed by atoms with E-state index in [0.717, 1.165) is 25.9 Å². The van der Waals surface area contributed by atoms with Crippen LogP contribution in [0.4, 0.5) is 0 Å². The molecular formula is C34H48N2O4. The number of carbonyl (C=O) groups excluding carboxylic acids is 2. The average Bonchev–Trinajstić information content (AvgIpc) is 2.98. The molecule has 0 atom stereocenters. The number of carbonyl (C=O) groups is 2. The summed E-state index contributed by atoms with van der Waals surface area (Å²) in [4.78, 5) is 35.2. The van der Waals surface area contributed by atoms with E-state index in [1.807, 2.05) is 0 Å². The molecule has 2 rings (SSSR count). The van der Waals surface area contributed by atoms with Gasteiger partial charge in [-0.2, -0.15) is 0 Å². The van der Waals surface area contributed by atoms with Crippen molar-refractivity contribution >= 4 is 24.0 Å². The van der Waals surface area contributed by atoms with Crippen LogP contribution in [0.2, 0.25) is 0 Å². The summed E-state index contributed by atoms with van der Waals surface area (Å²) in [7, 11) is 0. The SMILES string of the molecule is CCCCCCCCN=CCOc1ccccc1C(=O)C(=O)c1ccccc1OCC=NCCCCCCCC. The smallest absolute Gasteiger partial charge is 0.237 e. The minimum Gasteiger partial charge on any atom is -0.487 e. The van der Waals surface area contributed by atoms with Crippen molar-refractivity contribution in [1.29, 1.82) is 0 Å². The second-order valence-electron chi connectivity index (χ2n) is 9.99. The molecule has 0 spiro atoms. The Kier molecular flexibility index (Phi) is 17.7. The van der Waals surface area contributed by atoms with E-state index in [4.69, 9.17) is 9.47 Å². The molecule has 0 fully saturated rings. The number of hydrogen-bond donors (Lipinski definition) is 0. The van der Waals surface area contributed by atoms with Crippen LogP contribution < -0.4 is 9.47 Å². The molecule has 0 aromatic heterocycles. The molecule has 2 aromatic rings. The van der Waals surface area contributed by atoms with Gasteiger partial charge in [0.05, 0.1) is 11.1 Å². The van der Waals surface area contributed by atoms with E-state index in [0.29, 0.717) is 11.5 Å². The monoisotopic (exact) mass is 548 g/mol. The Bertz CT molecular complexity index is 964. The summed E-state index contributed by atoms with van der Waals surface area (Å²) in [6.45, 7) is 6.46. The van der Waals surface area contributed by atoms with Crippen molar-refractivity contribution in [2.75, 3.05) is 26.3 Å². The van der Waals surface area contributed by atoms with Crippen molar-refractivity contribution in [2.45, 2.75) is 90.9 Å². The lowest BCUT2D eigenvalue weighted by Crippen LogP contribution is -2.17. The lowest BCUT2D eigenvalue weighted by Gasteiger charge is -2.11. The molecule has 0 saturated heterocycles. The number of Topliss-reactive ketones (excluding diaryl/α,β-unsaturated/α-hetero) is 2. The lowest BCUT2D eigenvalue weighted by atomic mass is 10.00. The Morgan fingerprint density at radius 2 is 0.950 bits per heavy atom. The van der Waals surface area contributed by atoms with Crippen molar-refractivity contribution in [2.24, 2.45) is 9.98 Å². The maximum Gasteiger partial charge on any atom is 0.237 e. The fraction of sp³-hybridized carbons (Fsp3) is 0.529. The molecule has 0 aliphatic heterocycles. The lowest BCUT2D eigenvalue weighted by molar-refractivity contribution is 0.0813. The summed E-state index contributed by atoms with van der Waals surface area (Å²) < 4.78 is 11.6. The minimum absolute atomic E-state index is 0.229. The Morgan fingerprint density at radius 3 is 1.38 bits per heavy atom. The van der Waals surface area contributed by atoms with E-state index in [1.165, 1.54) is 64.2 Å². The number of rotatable bonds is 23. The summed E-state index contributed by atoms with van der Waals surface area (Å²) in [6.07, 6.45) is 18.1. The third kappa shape index (κ3) is 13.2. The number of aliphatic imine (C=N–C) groups is 2. The normalized spacial score (nSPS) is 11.3. The zero-order valence-electron chi connectivity index (χ0n) is 24.6. The molecule has 6 heteroatoms. The number of ether oxygens (including phenoxy) is 2. The number of hydrogen-bond acceptors (Lipinski definition) is 6. The third-order valence-corrected chi connectivity index (χ3v) is 6.64. The molecule has 2 aromatic carbocycles. The van der Waals surface area contributed by atoms with Crippen LogP contribution in [0, 0.1) is 0 Å². The van der Waals surface area contributed by atoms with Crippen molar-refractivity contribution in [3.63, 3.8) is 0 Å². The summed E-state index contributed by atoms with van der Waals surface area (Å²) in [5.41, 5.74) is 0.458. The molecule has 218 valence electrons. The molecule has 0 unspecified atom stereocenters. The maximum absolute atomic E-state index is 13.2. The minimum atomic E-state index is -0.632. The third-order valence-electron chi connectivity index (χ3n) is 6.64. The van der Waals surface area contributed by atoms with E-state index >= 15 is 0 Å². The quantitative estimate of drug-likeness (QED) is 0.0605. The van der Waals surface area contributed by atoms with Crippen LogP contribution in [-0.4, -0.2) is 50.3 Å². The molecular weight excluding hydrogens is 500 g/mol. The van der Waals surface area contributed by atoms with E-state index < -0.39 is 11.6 Å². The molecule has 0 amide bonds. The Hall–Kier alpha value is -3.28. The van der Waals surface area contributed by atoms with Crippen molar-refractivity contribution in [1.82, 2.24) is 0 Å². The summed E-state index contributed by atoms with van der Waals surface area (Å²) in [5, 5.41) is 0. The standard InChI is InChI=1S/C34H48N2O4/c1-3-5-7-9-11-17-23-35-25-27-39-31-21-15-13-19-29(31)33(37)34(38)30-20-14-16-22-32(30)40-28-26-36-24-18-12-10-8-6-4-2/h13-16,19-22,25-26H,3-12,17-18,23-24,27-28H2,1-2H3. The van der Waals surface area contributed by atoms with Crippen molar-refractivity contribution in [3.05, 3.63) is 59.7 Å². The fourth-order valence-corrected chi connectivity index (χ4v) is 4.31. The highest BCUT2D eigenvalue weighted by molar-refractivity contribution is 6.50. The van der Waals surface area contributed by atoms with Gasteiger partial charge in [-0.15, -0.1) is 0 Å². The van der Waals surface area contributed by atoms with Crippen LogP contribution in [0.3, 0.4) is 0 Å². The number of unbranched alkanes of at least 4 members (excludes halogenated alkanes) is 10. The molecule has 0 N–H and O–H groups in total. The zero-order valence-corrected chi connectivity index (χ0v) is 24.6. The van der Waals surface area contributed by atoms with Gasteiger partial charge < -0.3 is 9.47 Å². The molecule has 40 heavy (non-hydrogen) atoms. The maximum atomic E-state index is 13.2. The van der Waals surface area contributed by atoms with Gasteiger partial charge in [-0.25, -0.2) is 0 Å². The van der Waals surface area contributed by atoms with Gasteiger partial charge in [0.2, 0.25) is 11.6 Å². The Balaban J connectivity index is 1.85. The Labute approximate surface area is 241 Å². The first-order chi connectivity index (χ1) is 19.7. The van der Waals surface area contributed by atoms with Gasteiger partial charge in [-0.1, -0.05) is 102 Å². The number of nitrogens with zero attached hydrogens (tertiary/aromatic N) is 2. The average molecular weight is 549 g/mol. The van der Waals surface area contributed by atoms with Crippen molar-refractivity contribution in [3.8, 4) is 11.5 Å². The summed E-state index contributed by atoms with van der Waals surface area (Å²) in [6, 6.07) is 13.6. The van der Waals surface area contributed by atoms with Crippen LogP contribution in [0.25, 0.3) is 0 Å². The predicted octanol–water partition coefficient (Wildman–Crippen LogP) is 8.37. The molecule has 0 radical (unpaired) electrons. The van der Waals surface area contributed by atoms with E-state index in [1.54, 1.807) is 61.0 Å². The highest BCUT2D eigenvalue weighted by Gasteiger charge is 2.24. The Morgan fingerprint density at radius 1 is 0.575 bits per heavy atom. The van der Waals surface area contributed by atoms with Gasteiger partial charge in [0.1, 0.15) is 24.7 Å². The van der Waals surface area contributed by atoms with E-state index in [-0.39, 0.29) is 24.3 Å². The zero-order chi connectivity index (χ0) is 28.7. The van der Waals surface area contributed by atoms with Gasteiger partial charge >= 0.3 is 0 Å². The first-order valence-corrected chi connectivity index (χ1v) is 15.2. The number of para-hydroxylation sites is 2. The molecule has 6 nitrogen and oxygen atoms in total. The number of benzene rings is 2. The molecule has 0 heterocycles.